The van der Waals surface area contributed by atoms with E-state index in [1.54, 1.807) is 0 Å². The van der Waals surface area contributed by atoms with Gasteiger partial charge in [0.05, 0.1) is 21.4 Å². The van der Waals surface area contributed by atoms with Crippen LogP contribution in [0.5, 0.6) is 0 Å². The lowest BCUT2D eigenvalue weighted by atomic mass is 9.81. The van der Waals surface area contributed by atoms with Crippen LogP contribution in [0.4, 0.5) is 0 Å². The van der Waals surface area contributed by atoms with Gasteiger partial charge in [-0.05, 0) is 87.5 Å². The van der Waals surface area contributed by atoms with Crippen molar-refractivity contribution in [2.45, 2.75) is 19.3 Å². The first-order valence-corrected chi connectivity index (χ1v) is 19.5. The number of rotatable bonds is 3. The number of aromatic nitrogens is 1. The zero-order valence-corrected chi connectivity index (χ0v) is 30.7. The molecule has 0 atom stereocenters. The van der Waals surface area contributed by atoms with Crippen molar-refractivity contribution in [2.24, 2.45) is 0 Å². The van der Waals surface area contributed by atoms with Gasteiger partial charge in [0.15, 0.2) is 0 Å². The zero-order valence-electron chi connectivity index (χ0n) is 29.9. The molecule has 3 heteroatoms. The summed E-state index contributed by atoms with van der Waals surface area (Å²) in [5.41, 5.74) is 15.8. The van der Waals surface area contributed by atoms with Crippen molar-refractivity contribution in [3.05, 3.63) is 175 Å². The van der Waals surface area contributed by atoms with Gasteiger partial charge >= 0.3 is 0 Å². The maximum absolute atomic E-state index is 6.45. The van der Waals surface area contributed by atoms with Crippen LogP contribution < -0.4 is 0 Å². The largest absolute Gasteiger partial charge is 0.455 e. The second-order valence-electron chi connectivity index (χ2n) is 15.3. The molecule has 0 N–H and O–H groups in total. The van der Waals surface area contributed by atoms with Crippen LogP contribution in [0.15, 0.2) is 168 Å². The molecular formula is C51H33NOS. The van der Waals surface area contributed by atoms with Gasteiger partial charge in [-0.25, -0.2) is 0 Å². The van der Waals surface area contributed by atoms with Crippen molar-refractivity contribution in [1.29, 1.82) is 0 Å². The molecule has 0 bridgehead atoms. The topological polar surface area (TPSA) is 18.1 Å². The quantitative estimate of drug-likeness (QED) is 0.179. The lowest BCUT2D eigenvalue weighted by Crippen LogP contribution is -2.14. The van der Waals surface area contributed by atoms with E-state index < -0.39 is 0 Å². The number of hydrogen-bond acceptors (Lipinski definition) is 2. The maximum Gasteiger partial charge on any atom is 0.143 e. The third-order valence-corrected chi connectivity index (χ3v) is 13.2. The molecule has 254 valence electrons. The van der Waals surface area contributed by atoms with Gasteiger partial charge in [-0.1, -0.05) is 129 Å². The van der Waals surface area contributed by atoms with Crippen molar-refractivity contribution in [2.75, 3.05) is 0 Å². The highest BCUT2D eigenvalue weighted by Gasteiger charge is 2.35. The highest BCUT2D eigenvalue weighted by Crippen LogP contribution is 2.50. The van der Waals surface area contributed by atoms with E-state index in [1.165, 1.54) is 86.6 Å². The smallest absolute Gasteiger partial charge is 0.143 e. The molecule has 2 nitrogen and oxygen atoms in total. The zero-order chi connectivity index (χ0) is 35.7. The number of thiophene rings is 1. The minimum Gasteiger partial charge on any atom is -0.455 e. The molecule has 0 spiro atoms. The van der Waals surface area contributed by atoms with Crippen LogP contribution in [0, 0.1) is 0 Å². The van der Waals surface area contributed by atoms with E-state index in [2.05, 4.69) is 176 Å². The normalized spacial score (nSPS) is 13.5. The summed E-state index contributed by atoms with van der Waals surface area (Å²) in [6, 6.07) is 60.3. The Morgan fingerprint density at radius 3 is 2.07 bits per heavy atom. The molecule has 3 heterocycles. The van der Waals surface area contributed by atoms with Gasteiger partial charge in [-0.15, -0.1) is 11.3 Å². The number of furan rings is 1. The van der Waals surface area contributed by atoms with Crippen LogP contribution >= 0.6 is 11.3 Å². The van der Waals surface area contributed by atoms with Crippen molar-refractivity contribution in [3.63, 3.8) is 0 Å². The fourth-order valence-corrected chi connectivity index (χ4v) is 10.6. The van der Waals surface area contributed by atoms with Gasteiger partial charge in [0.25, 0.3) is 0 Å². The Labute approximate surface area is 316 Å². The molecule has 12 rings (SSSR count). The van der Waals surface area contributed by atoms with Gasteiger partial charge in [-0.2, -0.15) is 0 Å². The number of para-hydroxylation sites is 3. The predicted octanol–water partition coefficient (Wildman–Crippen LogP) is 14.7. The third-order valence-electron chi connectivity index (χ3n) is 12.0. The van der Waals surface area contributed by atoms with E-state index in [4.69, 9.17) is 4.42 Å². The van der Waals surface area contributed by atoms with Crippen molar-refractivity contribution in [1.82, 2.24) is 4.57 Å². The summed E-state index contributed by atoms with van der Waals surface area (Å²) >= 11 is 1.88. The van der Waals surface area contributed by atoms with Crippen molar-refractivity contribution < 1.29 is 4.42 Å². The van der Waals surface area contributed by atoms with Gasteiger partial charge < -0.3 is 8.98 Å². The summed E-state index contributed by atoms with van der Waals surface area (Å²) in [6.07, 6.45) is 0. The van der Waals surface area contributed by atoms with Crippen LogP contribution in [0.2, 0.25) is 0 Å². The summed E-state index contributed by atoms with van der Waals surface area (Å²) in [7, 11) is 0. The second kappa shape index (κ2) is 10.8. The van der Waals surface area contributed by atoms with Gasteiger partial charge in [0, 0.05) is 48.0 Å². The Morgan fingerprint density at radius 2 is 1.13 bits per heavy atom. The van der Waals surface area contributed by atoms with E-state index in [1.807, 2.05) is 17.4 Å². The summed E-state index contributed by atoms with van der Waals surface area (Å²) in [5.74, 6) is 0. The number of hydrogen-bond donors (Lipinski definition) is 0. The van der Waals surface area contributed by atoms with Gasteiger partial charge in [0.1, 0.15) is 11.2 Å². The van der Waals surface area contributed by atoms with Crippen LogP contribution in [-0.4, -0.2) is 4.57 Å². The SMILES string of the molecule is CC1(C)c2ccccc2-c2ccc(-c3ccc4c(c3)c3ccccc3n4-c3cccc4c3sc3ccc(-c5cccc6c5oc5ccccc56)cc34)cc21. The third kappa shape index (κ3) is 4.05. The Balaban J connectivity index is 1.02. The molecule has 0 fully saturated rings. The average molecular weight is 708 g/mol. The minimum atomic E-state index is -0.0352. The summed E-state index contributed by atoms with van der Waals surface area (Å²) in [4.78, 5) is 0. The highest BCUT2D eigenvalue weighted by molar-refractivity contribution is 7.26. The molecular weight excluding hydrogens is 675 g/mol. The fraction of sp³-hybridized carbons (Fsp3) is 0.0588. The molecule has 1 aliphatic rings. The standard InChI is InChI=1S/C51H33NOS/c1-51(2)42-17-6-3-11-34(42)35-24-21-31(29-43(35)51)30-22-25-45-40(27-30)36-12-4-7-18-44(36)52(45)46-19-10-16-39-41-28-32(23-26-48(41)54-50(39)46)33-14-9-15-38-37-13-5-8-20-47(37)53-49(33)38/h3-29H,1-2H3. The first-order valence-electron chi connectivity index (χ1n) is 18.7. The summed E-state index contributed by atoms with van der Waals surface area (Å²) in [6.45, 7) is 4.71. The minimum absolute atomic E-state index is 0.0352. The predicted molar refractivity (Wildman–Crippen MR) is 229 cm³/mol. The number of fused-ring (bicyclic) bond motifs is 12. The van der Waals surface area contributed by atoms with Gasteiger partial charge in [-0.3, -0.25) is 0 Å². The molecule has 54 heavy (non-hydrogen) atoms. The van der Waals surface area contributed by atoms with Crippen LogP contribution in [0.3, 0.4) is 0 Å². The van der Waals surface area contributed by atoms with Crippen LogP contribution in [0.1, 0.15) is 25.0 Å². The lowest BCUT2D eigenvalue weighted by Gasteiger charge is -2.22. The molecule has 0 amide bonds. The Hall–Kier alpha value is -6.42. The van der Waals surface area contributed by atoms with E-state index in [0.717, 1.165) is 27.5 Å². The molecule has 1 aliphatic carbocycles. The molecule has 0 radical (unpaired) electrons. The molecule has 0 aliphatic heterocycles. The number of benzene rings is 8. The molecule has 0 unspecified atom stereocenters. The second-order valence-corrected chi connectivity index (χ2v) is 16.3. The van der Waals surface area contributed by atoms with E-state index in [9.17, 15) is 0 Å². The first-order chi connectivity index (χ1) is 26.5. The molecule has 0 saturated carbocycles. The van der Waals surface area contributed by atoms with E-state index in [-0.39, 0.29) is 5.41 Å². The first kappa shape index (κ1) is 30.1. The Morgan fingerprint density at radius 1 is 0.463 bits per heavy atom. The Kier molecular flexibility index (Phi) is 6.03. The van der Waals surface area contributed by atoms with Crippen molar-refractivity contribution >= 4 is 75.3 Å². The molecule has 3 aromatic heterocycles. The van der Waals surface area contributed by atoms with Crippen molar-refractivity contribution in [3.8, 4) is 39.1 Å². The molecule has 8 aromatic carbocycles. The Bertz CT molecular complexity index is 3370. The lowest BCUT2D eigenvalue weighted by molar-refractivity contribution is 0.660. The van der Waals surface area contributed by atoms with Crippen LogP contribution in [0.25, 0.3) is 103 Å². The maximum atomic E-state index is 6.45. The van der Waals surface area contributed by atoms with E-state index >= 15 is 0 Å². The van der Waals surface area contributed by atoms with Crippen LogP contribution in [-0.2, 0) is 5.41 Å². The molecule has 0 saturated heterocycles. The van der Waals surface area contributed by atoms with Gasteiger partial charge in [0.2, 0.25) is 0 Å². The average Bonchev–Trinajstić information content (AvgIpc) is 3.94. The number of nitrogens with zero attached hydrogens (tertiary/aromatic N) is 1. The fourth-order valence-electron chi connectivity index (χ4n) is 9.40. The van der Waals surface area contributed by atoms with E-state index in [0.29, 0.717) is 0 Å². The summed E-state index contributed by atoms with van der Waals surface area (Å²) < 4.78 is 11.5. The molecule has 11 aromatic rings. The highest BCUT2D eigenvalue weighted by atomic mass is 32.1. The summed E-state index contributed by atoms with van der Waals surface area (Å²) in [5, 5.41) is 7.39. The monoisotopic (exact) mass is 707 g/mol.